The van der Waals surface area contributed by atoms with Gasteiger partial charge in [0.25, 0.3) is 0 Å². The second kappa shape index (κ2) is 6.02. The van der Waals surface area contributed by atoms with Crippen molar-refractivity contribution in [2.75, 3.05) is 0 Å². The first-order chi connectivity index (χ1) is 10.5. The average Bonchev–Trinajstić information content (AvgIpc) is 2.84. The fraction of sp³-hybridized carbons (Fsp3) is 0.400. The maximum Gasteiger partial charge on any atom is 0.0358 e. The molecule has 0 saturated heterocycles. The van der Waals surface area contributed by atoms with Crippen LogP contribution in [-0.2, 0) is 0 Å². The summed E-state index contributed by atoms with van der Waals surface area (Å²) in [5.41, 5.74) is 1.46. The Hall–Kier alpha value is -1.38. The third kappa shape index (κ3) is 2.55. The van der Waals surface area contributed by atoms with Crippen LogP contribution in [0.3, 0.4) is 0 Å². The minimum Gasteiger partial charge on any atom is -0.292 e. The van der Waals surface area contributed by atoms with Crippen LogP contribution in [0.1, 0.15) is 46.2 Å². The number of hydrogen-bond donors (Lipinski definition) is 0. The summed E-state index contributed by atoms with van der Waals surface area (Å²) in [5, 5.41) is 2.85. The van der Waals surface area contributed by atoms with Crippen LogP contribution in [0.15, 0.2) is 42.5 Å². The van der Waals surface area contributed by atoms with Crippen molar-refractivity contribution in [2.24, 2.45) is 0 Å². The van der Waals surface area contributed by atoms with E-state index in [0.717, 1.165) is 0 Å². The van der Waals surface area contributed by atoms with E-state index in [2.05, 4.69) is 82.0 Å². The number of benzene rings is 2. The molecule has 0 amide bonds. The number of thiophene rings is 1. The van der Waals surface area contributed by atoms with Crippen LogP contribution in [0, 0.1) is 0 Å². The zero-order chi connectivity index (χ0) is 15.9. The molecule has 3 aromatic rings. The molecule has 3 rings (SSSR count). The summed E-state index contributed by atoms with van der Waals surface area (Å²) < 4.78 is 2.79. The molecule has 22 heavy (non-hydrogen) atoms. The Morgan fingerprint density at radius 2 is 1.41 bits per heavy atom. The zero-order valence-electron chi connectivity index (χ0n) is 14.1. The molecule has 1 nitrogen and oxygen atoms in total. The summed E-state index contributed by atoms with van der Waals surface area (Å²) in [6.07, 6.45) is 0. The van der Waals surface area contributed by atoms with E-state index < -0.39 is 0 Å². The van der Waals surface area contributed by atoms with Gasteiger partial charge in [-0.25, -0.2) is 0 Å². The molecule has 0 fully saturated rings. The Balaban J connectivity index is 2.22. The lowest BCUT2D eigenvalue weighted by atomic mass is 9.98. The van der Waals surface area contributed by atoms with E-state index in [0.29, 0.717) is 18.1 Å². The molecular formula is C20H25NS. The minimum absolute atomic E-state index is 0.418. The molecule has 0 aliphatic carbocycles. The predicted molar refractivity (Wildman–Crippen MR) is 99.9 cm³/mol. The van der Waals surface area contributed by atoms with Crippen LogP contribution in [0.25, 0.3) is 20.2 Å². The molecule has 1 aromatic heterocycles. The van der Waals surface area contributed by atoms with Gasteiger partial charge in [0, 0.05) is 38.3 Å². The van der Waals surface area contributed by atoms with Crippen LogP contribution in [-0.4, -0.2) is 17.0 Å². The van der Waals surface area contributed by atoms with Crippen molar-refractivity contribution < 1.29 is 0 Å². The van der Waals surface area contributed by atoms with E-state index in [-0.39, 0.29) is 0 Å². The molecule has 0 spiro atoms. The second-order valence-corrected chi connectivity index (χ2v) is 7.71. The summed E-state index contributed by atoms with van der Waals surface area (Å²) in [5.74, 6) is 0. The maximum absolute atomic E-state index is 2.60. The van der Waals surface area contributed by atoms with Gasteiger partial charge in [0.15, 0.2) is 0 Å². The van der Waals surface area contributed by atoms with Crippen LogP contribution in [0.5, 0.6) is 0 Å². The van der Waals surface area contributed by atoms with Gasteiger partial charge in [-0.2, -0.15) is 0 Å². The van der Waals surface area contributed by atoms with Crippen molar-refractivity contribution in [3.8, 4) is 0 Å². The molecule has 0 saturated carbocycles. The van der Waals surface area contributed by atoms with E-state index in [1.165, 1.54) is 25.7 Å². The van der Waals surface area contributed by atoms with Gasteiger partial charge in [-0.3, -0.25) is 4.90 Å². The van der Waals surface area contributed by atoms with E-state index >= 15 is 0 Å². The first kappa shape index (κ1) is 15.5. The molecule has 0 bridgehead atoms. The summed E-state index contributed by atoms with van der Waals surface area (Å²) in [7, 11) is 0. The Morgan fingerprint density at radius 1 is 0.773 bits per heavy atom. The van der Waals surface area contributed by atoms with Crippen LogP contribution in [0.2, 0.25) is 0 Å². The molecule has 1 unspecified atom stereocenters. The molecule has 0 N–H and O–H groups in total. The third-order valence-electron chi connectivity index (χ3n) is 4.52. The first-order valence-electron chi connectivity index (χ1n) is 8.18. The van der Waals surface area contributed by atoms with Crippen molar-refractivity contribution in [1.82, 2.24) is 4.90 Å². The lowest BCUT2D eigenvalue weighted by Crippen LogP contribution is -2.39. The van der Waals surface area contributed by atoms with Gasteiger partial charge in [0.2, 0.25) is 0 Å². The zero-order valence-corrected chi connectivity index (χ0v) is 14.9. The summed E-state index contributed by atoms with van der Waals surface area (Å²) in [6, 6.07) is 17.1. The molecule has 2 heteroatoms. The maximum atomic E-state index is 2.60. The van der Waals surface area contributed by atoms with Gasteiger partial charge in [0.1, 0.15) is 0 Å². The number of rotatable bonds is 4. The van der Waals surface area contributed by atoms with Crippen molar-refractivity contribution in [2.45, 2.75) is 52.7 Å². The standard InChI is InChI=1S/C20H25NS/c1-13(2)21(14(3)4)15(5)16-10-8-12-19-20(16)17-9-6-7-11-18(17)22-19/h6-15H,1-5H3. The highest BCUT2D eigenvalue weighted by atomic mass is 32.1. The Kier molecular flexibility index (Phi) is 4.24. The molecule has 0 radical (unpaired) electrons. The topological polar surface area (TPSA) is 3.24 Å². The van der Waals surface area contributed by atoms with Crippen molar-refractivity contribution in [1.29, 1.82) is 0 Å². The SMILES string of the molecule is CC(C)N(C(C)C)C(C)c1cccc2sc3ccccc3c12. The van der Waals surface area contributed by atoms with Gasteiger partial charge < -0.3 is 0 Å². The second-order valence-electron chi connectivity index (χ2n) is 6.63. The quantitative estimate of drug-likeness (QED) is 0.551. The predicted octanol–water partition coefficient (Wildman–Crippen LogP) is 6.23. The molecule has 2 aromatic carbocycles. The molecule has 0 aliphatic heterocycles. The minimum atomic E-state index is 0.418. The summed E-state index contributed by atoms with van der Waals surface area (Å²) in [4.78, 5) is 2.60. The normalized spacial score (nSPS) is 13.8. The smallest absolute Gasteiger partial charge is 0.0358 e. The van der Waals surface area contributed by atoms with Crippen LogP contribution >= 0.6 is 11.3 Å². The highest BCUT2D eigenvalue weighted by molar-refractivity contribution is 7.25. The van der Waals surface area contributed by atoms with Gasteiger partial charge >= 0.3 is 0 Å². The fourth-order valence-corrected chi connectivity index (χ4v) is 4.94. The molecular weight excluding hydrogens is 286 g/mol. The van der Waals surface area contributed by atoms with E-state index in [9.17, 15) is 0 Å². The molecule has 116 valence electrons. The highest BCUT2D eigenvalue weighted by Gasteiger charge is 2.23. The van der Waals surface area contributed by atoms with E-state index in [1.54, 1.807) is 0 Å². The Morgan fingerprint density at radius 3 is 2.09 bits per heavy atom. The molecule has 1 heterocycles. The monoisotopic (exact) mass is 311 g/mol. The van der Waals surface area contributed by atoms with E-state index in [4.69, 9.17) is 0 Å². The van der Waals surface area contributed by atoms with Gasteiger partial charge in [-0.05, 0) is 52.3 Å². The first-order valence-corrected chi connectivity index (χ1v) is 9.00. The average molecular weight is 311 g/mol. The van der Waals surface area contributed by atoms with Crippen molar-refractivity contribution in [3.05, 3.63) is 48.0 Å². The Labute approximate surface area is 137 Å². The fourth-order valence-electron chi connectivity index (χ4n) is 3.80. The van der Waals surface area contributed by atoms with Gasteiger partial charge in [-0.15, -0.1) is 11.3 Å². The lowest BCUT2D eigenvalue weighted by molar-refractivity contribution is 0.123. The summed E-state index contributed by atoms with van der Waals surface area (Å²) in [6.45, 7) is 11.5. The van der Waals surface area contributed by atoms with Gasteiger partial charge in [0.05, 0.1) is 0 Å². The van der Waals surface area contributed by atoms with Crippen molar-refractivity contribution >= 4 is 31.5 Å². The highest BCUT2D eigenvalue weighted by Crippen LogP contribution is 2.39. The molecule has 0 aliphatic rings. The van der Waals surface area contributed by atoms with Crippen LogP contribution < -0.4 is 0 Å². The lowest BCUT2D eigenvalue weighted by Gasteiger charge is -2.37. The third-order valence-corrected chi connectivity index (χ3v) is 5.66. The van der Waals surface area contributed by atoms with Crippen molar-refractivity contribution in [3.63, 3.8) is 0 Å². The number of fused-ring (bicyclic) bond motifs is 3. The van der Waals surface area contributed by atoms with Crippen LogP contribution in [0.4, 0.5) is 0 Å². The van der Waals surface area contributed by atoms with E-state index in [1.807, 2.05) is 11.3 Å². The van der Waals surface area contributed by atoms with Gasteiger partial charge in [-0.1, -0.05) is 30.3 Å². The number of hydrogen-bond acceptors (Lipinski definition) is 2. The summed E-state index contributed by atoms with van der Waals surface area (Å²) >= 11 is 1.90. The largest absolute Gasteiger partial charge is 0.292 e. The Bertz CT molecular complexity index is 777. The molecule has 1 atom stereocenters. The number of nitrogens with zero attached hydrogens (tertiary/aromatic N) is 1.